The smallest absolute Gasteiger partial charge is 0.416 e. The van der Waals surface area contributed by atoms with Gasteiger partial charge in [-0.3, -0.25) is 0 Å². The molecule has 4 N–H and O–H groups in total. The van der Waals surface area contributed by atoms with Crippen molar-refractivity contribution in [2.75, 3.05) is 5.73 Å². The van der Waals surface area contributed by atoms with Crippen LogP contribution in [0.3, 0.4) is 0 Å². The molecule has 1 aromatic heterocycles. The number of halogens is 4. The molecule has 168 valence electrons. The molecule has 2 heterocycles. The van der Waals surface area contributed by atoms with E-state index in [1.165, 1.54) is 23.9 Å². The van der Waals surface area contributed by atoms with Gasteiger partial charge in [0.2, 0.25) is 11.8 Å². The molecule has 2 aromatic carbocycles. The molecule has 0 spiro atoms. The Kier molecular flexibility index (Phi) is 6.10. The molecule has 0 amide bonds. The number of rotatable bonds is 4. The Morgan fingerprint density at radius 1 is 1.06 bits per heavy atom. The van der Waals surface area contributed by atoms with Crippen molar-refractivity contribution < 1.29 is 17.9 Å². The van der Waals surface area contributed by atoms with Crippen LogP contribution in [0.25, 0.3) is 0 Å². The number of allylic oxidation sites excluding steroid dienone is 1. The molecule has 1 aliphatic rings. The maximum absolute atomic E-state index is 13.0. The molecule has 1 atom stereocenters. The van der Waals surface area contributed by atoms with Gasteiger partial charge in [0.25, 0.3) is 0 Å². The molecule has 33 heavy (non-hydrogen) atoms. The molecular formula is C22H15ClF3N5OS. The van der Waals surface area contributed by atoms with Crippen molar-refractivity contribution in [1.29, 1.82) is 5.26 Å². The summed E-state index contributed by atoms with van der Waals surface area (Å²) in [7, 11) is 0. The Morgan fingerprint density at radius 2 is 1.73 bits per heavy atom. The monoisotopic (exact) mass is 489 g/mol. The van der Waals surface area contributed by atoms with E-state index in [9.17, 15) is 18.4 Å². The van der Waals surface area contributed by atoms with Crippen LogP contribution >= 0.6 is 23.4 Å². The van der Waals surface area contributed by atoms with Gasteiger partial charge >= 0.3 is 6.18 Å². The molecule has 0 fully saturated rings. The summed E-state index contributed by atoms with van der Waals surface area (Å²) in [6.07, 6.45) is -4.49. The fraction of sp³-hybridized carbons (Fsp3) is 0.136. The van der Waals surface area contributed by atoms with E-state index < -0.39 is 17.7 Å². The number of fused-ring (bicyclic) bond motifs is 1. The number of anilines is 1. The summed E-state index contributed by atoms with van der Waals surface area (Å²) >= 11 is 7.21. The van der Waals surface area contributed by atoms with Crippen molar-refractivity contribution in [2.24, 2.45) is 5.73 Å². The first kappa shape index (κ1) is 22.8. The number of nitrogens with zero attached hydrogens (tertiary/aromatic N) is 3. The molecule has 3 aromatic rings. The standard InChI is InChI=1S/C22H15ClF3N5OS/c23-14-7-1-11(2-8-14)10-33-21-30-18(28)17-16(15(9-27)19(29)32-20(17)31-21)12-3-5-13(6-4-12)22(24,25)26/h1-8,16H,10,29H2,(H2,28,30,31). The minimum Gasteiger partial charge on any atom is -0.422 e. The molecule has 4 rings (SSSR count). The van der Waals surface area contributed by atoms with Crippen molar-refractivity contribution in [3.8, 4) is 11.9 Å². The summed E-state index contributed by atoms with van der Waals surface area (Å²) in [4.78, 5) is 8.69. The van der Waals surface area contributed by atoms with Gasteiger partial charge in [0.1, 0.15) is 17.5 Å². The van der Waals surface area contributed by atoms with Crippen molar-refractivity contribution in [1.82, 2.24) is 9.97 Å². The highest BCUT2D eigenvalue weighted by Crippen LogP contribution is 2.44. The van der Waals surface area contributed by atoms with Gasteiger partial charge in [-0.2, -0.15) is 23.4 Å². The summed E-state index contributed by atoms with van der Waals surface area (Å²) in [6.45, 7) is 0. The lowest BCUT2D eigenvalue weighted by atomic mass is 9.84. The molecule has 1 aliphatic heterocycles. The normalized spacial score (nSPS) is 15.5. The molecule has 0 bridgehead atoms. The van der Waals surface area contributed by atoms with Crippen LogP contribution in [0.2, 0.25) is 5.02 Å². The number of aromatic nitrogens is 2. The van der Waals surface area contributed by atoms with Crippen LogP contribution < -0.4 is 16.2 Å². The maximum Gasteiger partial charge on any atom is 0.416 e. The highest BCUT2D eigenvalue weighted by molar-refractivity contribution is 7.98. The number of nitrogens with two attached hydrogens (primary N) is 2. The number of ether oxygens (including phenoxy) is 1. The maximum atomic E-state index is 13.0. The number of hydrogen-bond acceptors (Lipinski definition) is 7. The van der Waals surface area contributed by atoms with E-state index in [-0.39, 0.29) is 28.7 Å². The third kappa shape index (κ3) is 4.69. The van der Waals surface area contributed by atoms with E-state index in [0.717, 1.165) is 17.7 Å². The van der Waals surface area contributed by atoms with E-state index in [1.54, 1.807) is 12.1 Å². The van der Waals surface area contributed by atoms with Gasteiger partial charge in [0, 0.05) is 10.8 Å². The van der Waals surface area contributed by atoms with Crippen LogP contribution in [0.15, 0.2) is 65.1 Å². The molecule has 0 aliphatic carbocycles. The van der Waals surface area contributed by atoms with Crippen molar-refractivity contribution in [2.45, 2.75) is 23.0 Å². The van der Waals surface area contributed by atoms with E-state index in [2.05, 4.69) is 9.97 Å². The SMILES string of the molecule is N#CC1=C(N)Oc2nc(SCc3ccc(Cl)cc3)nc(N)c2C1c1ccc(C(F)(F)F)cc1. The molecule has 1 unspecified atom stereocenters. The zero-order chi connectivity index (χ0) is 23.8. The third-order valence-corrected chi connectivity index (χ3v) is 6.11. The number of benzene rings is 2. The van der Waals surface area contributed by atoms with Gasteiger partial charge in [-0.05, 0) is 35.4 Å². The second-order valence-corrected chi connectivity index (χ2v) is 8.45. The lowest BCUT2D eigenvalue weighted by Gasteiger charge is -2.26. The quantitative estimate of drug-likeness (QED) is 0.380. The zero-order valence-electron chi connectivity index (χ0n) is 16.7. The lowest BCUT2D eigenvalue weighted by molar-refractivity contribution is -0.137. The van der Waals surface area contributed by atoms with Gasteiger partial charge in [0.05, 0.1) is 17.0 Å². The second kappa shape index (κ2) is 8.84. The van der Waals surface area contributed by atoms with E-state index in [4.69, 9.17) is 27.8 Å². The minimum absolute atomic E-state index is 0.0131. The van der Waals surface area contributed by atoms with Crippen molar-refractivity contribution in [3.63, 3.8) is 0 Å². The Morgan fingerprint density at radius 3 is 2.33 bits per heavy atom. The fourth-order valence-corrected chi connectivity index (χ4v) is 4.27. The van der Waals surface area contributed by atoms with Gasteiger partial charge < -0.3 is 16.2 Å². The third-order valence-electron chi connectivity index (χ3n) is 4.94. The first-order valence-corrected chi connectivity index (χ1v) is 10.8. The average molecular weight is 490 g/mol. The molecule has 0 saturated heterocycles. The van der Waals surface area contributed by atoms with Gasteiger partial charge in [-0.1, -0.05) is 47.6 Å². The summed E-state index contributed by atoms with van der Waals surface area (Å²) in [5, 5.41) is 10.6. The largest absolute Gasteiger partial charge is 0.422 e. The number of hydrogen-bond donors (Lipinski definition) is 2. The van der Waals surface area contributed by atoms with Crippen molar-refractivity contribution >= 4 is 29.2 Å². The molecule has 0 radical (unpaired) electrons. The second-order valence-electron chi connectivity index (χ2n) is 7.07. The van der Waals surface area contributed by atoms with Gasteiger partial charge in [-0.25, -0.2) is 4.98 Å². The Bertz CT molecular complexity index is 1270. The molecular weight excluding hydrogens is 475 g/mol. The van der Waals surface area contributed by atoms with Crippen molar-refractivity contribution in [3.05, 3.63) is 87.3 Å². The molecule has 6 nitrogen and oxygen atoms in total. The fourth-order valence-electron chi connectivity index (χ4n) is 3.35. The predicted octanol–water partition coefficient (Wildman–Crippen LogP) is 5.24. The van der Waals surface area contributed by atoms with Crippen LogP contribution in [-0.2, 0) is 11.9 Å². The van der Waals surface area contributed by atoms with Gasteiger partial charge in [-0.15, -0.1) is 0 Å². The molecule has 11 heteroatoms. The zero-order valence-corrected chi connectivity index (χ0v) is 18.3. The predicted molar refractivity (Wildman–Crippen MR) is 118 cm³/mol. The van der Waals surface area contributed by atoms with Gasteiger partial charge in [0.15, 0.2) is 5.16 Å². The molecule has 0 saturated carbocycles. The van der Waals surface area contributed by atoms with E-state index in [0.29, 0.717) is 21.5 Å². The summed E-state index contributed by atoms with van der Waals surface area (Å²) in [5.74, 6) is -0.420. The number of thioether (sulfide) groups is 1. The minimum atomic E-state index is -4.49. The van der Waals surface area contributed by atoms with Crippen LogP contribution in [-0.4, -0.2) is 9.97 Å². The highest BCUT2D eigenvalue weighted by Gasteiger charge is 2.36. The topological polar surface area (TPSA) is 111 Å². The van der Waals surface area contributed by atoms with Crippen LogP contribution in [0.5, 0.6) is 5.88 Å². The van der Waals surface area contributed by atoms with Crippen LogP contribution in [0.4, 0.5) is 19.0 Å². The first-order chi connectivity index (χ1) is 15.7. The number of alkyl halides is 3. The van der Waals surface area contributed by atoms with E-state index in [1.807, 2.05) is 18.2 Å². The van der Waals surface area contributed by atoms with Crippen LogP contribution in [0, 0.1) is 11.3 Å². The Labute approximate surface area is 196 Å². The number of nitrogen functional groups attached to an aromatic ring is 1. The lowest BCUT2D eigenvalue weighted by Crippen LogP contribution is -2.24. The van der Waals surface area contributed by atoms with E-state index >= 15 is 0 Å². The summed E-state index contributed by atoms with van der Waals surface area (Å²) in [5.41, 5.74) is 13.0. The Balaban J connectivity index is 1.70. The highest BCUT2D eigenvalue weighted by atomic mass is 35.5. The Hall–Kier alpha value is -3.42. The summed E-state index contributed by atoms with van der Waals surface area (Å²) in [6, 6.07) is 13.7. The number of nitriles is 1. The van der Waals surface area contributed by atoms with Crippen LogP contribution in [0.1, 0.15) is 28.2 Å². The summed E-state index contributed by atoms with van der Waals surface area (Å²) < 4.78 is 44.5. The average Bonchev–Trinajstić information content (AvgIpc) is 2.77. The first-order valence-electron chi connectivity index (χ1n) is 9.46.